The normalized spacial score (nSPS) is 40.1. The van der Waals surface area contributed by atoms with E-state index in [0.717, 1.165) is 35.8 Å². The summed E-state index contributed by atoms with van der Waals surface area (Å²) < 4.78 is 0. The Bertz CT molecular complexity index is 558. The zero-order chi connectivity index (χ0) is 18.8. The molecule has 1 aliphatic heterocycles. The number of hydrogen-bond acceptors (Lipinski definition) is 4. The summed E-state index contributed by atoms with van der Waals surface area (Å²) in [6.07, 6.45) is 14.9. The lowest BCUT2D eigenvalue weighted by atomic mass is 9.65. The predicted octanol–water partition coefficient (Wildman–Crippen LogP) is 4.90. The number of fused-ring (bicyclic) bond motifs is 1. The second-order valence-electron chi connectivity index (χ2n) is 9.16. The number of nitrogens with zero attached hydrogens (tertiary/aromatic N) is 1. The lowest BCUT2D eigenvalue weighted by molar-refractivity contribution is -0.133. The van der Waals surface area contributed by atoms with Gasteiger partial charge in [-0.05, 0) is 62.2 Å². The number of nitrogens with one attached hydrogen (secondary N) is 1. The zero-order valence-corrected chi connectivity index (χ0v) is 17.7. The van der Waals surface area contributed by atoms with E-state index in [9.17, 15) is 4.79 Å². The minimum atomic E-state index is -0.790. The number of aliphatic imine (C=N–C) groups is 1. The van der Waals surface area contributed by atoms with Crippen LogP contribution < -0.4 is 5.32 Å². The molecule has 0 aromatic carbocycles. The van der Waals surface area contributed by atoms with Crippen LogP contribution in [0.25, 0.3) is 0 Å². The number of aliphatic carboxylic acids is 1. The average Bonchev–Trinajstić information content (AvgIpc) is 3.08. The van der Waals surface area contributed by atoms with Crippen LogP contribution in [0, 0.1) is 23.7 Å². The highest BCUT2D eigenvalue weighted by molar-refractivity contribution is 8.14. The first kappa shape index (κ1) is 19.9. The van der Waals surface area contributed by atoms with Gasteiger partial charge in [-0.25, -0.2) is 0 Å². The molecule has 0 saturated heterocycles. The summed E-state index contributed by atoms with van der Waals surface area (Å²) in [5.74, 6) is 2.61. The van der Waals surface area contributed by atoms with E-state index in [4.69, 9.17) is 21.7 Å². The van der Waals surface area contributed by atoms with E-state index in [1.807, 2.05) is 0 Å². The quantitative estimate of drug-likeness (QED) is 0.644. The molecular weight excluding hydrogens is 380 g/mol. The summed E-state index contributed by atoms with van der Waals surface area (Å²) in [5.41, 5.74) is 0. The van der Waals surface area contributed by atoms with Crippen molar-refractivity contribution in [3.8, 4) is 0 Å². The van der Waals surface area contributed by atoms with E-state index in [0.29, 0.717) is 12.0 Å². The lowest BCUT2D eigenvalue weighted by Crippen LogP contribution is -2.46. The summed E-state index contributed by atoms with van der Waals surface area (Å²) in [6, 6.07) is 0.594. The van der Waals surface area contributed by atoms with Gasteiger partial charge in [-0.2, -0.15) is 0 Å². The second kappa shape index (κ2) is 8.94. The Balaban J connectivity index is 1.28. The van der Waals surface area contributed by atoms with Crippen molar-refractivity contribution >= 4 is 34.5 Å². The molecule has 3 saturated carbocycles. The van der Waals surface area contributed by atoms with Crippen molar-refractivity contribution in [2.24, 2.45) is 28.7 Å². The highest BCUT2D eigenvalue weighted by Crippen LogP contribution is 2.46. The van der Waals surface area contributed by atoms with Gasteiger partial charge in [-0.15, -0.1) is 11.6 Å². The molecule has 4 atom stereocenters. The van der Waals surface area contributed by atoms with Crippen LogP contribution in [0.5, 0.6) is 0 Å². The minimum Gasteiger partial charge on any atom is -0.481 e. The van der Waals surface area contributed by atoms with E-state index in [2.05, 4.69) is 5.32 Å². The lowest BCUT2D eigenvalue weighted by Gasteiger charge is -2.43. The van der Waals surface area contributed by atoms with Gasteiger partial charge in [-0.1, -0.05) is 43.9 Å². The zero-order valence-electron chi connectivity index (χ0n) is 16.1. The largest absolute Gasteiger partial charge is 0.481 e. The Morgan fingerprint density at radius 2 is 1.70 bits per heavy atom. The SMILES string of the molecule is O=C(O)CSC1=NC2CC(Cl)C(C3CCC(C4CCCCC4)CC3)CC2N1. The molecule has 6 heteroatoms. The first-order valence-electron chi connectivity index (χ1n) is 10.9. The predicted molar refractivity (Wildman–Crippen MR) is 113 cm³/mol. The highest BCUT2D eigenvalue weighted by Gasteiger charge is 2.43. The van der Waals surface area contributed by atoms with E-state index in [1.165, 1.54) is 69.5 Å². The Morgan fingerprint density at radius 1 is 1.04 bits per heavy atom. The third-order valence-electron chi connectivity index (χ3n) is 7.58. The standard InChI is InChI=1S/C21H33ClN2O2S/c22-17-11-19-18(23-21(24-19)27-12-20(25)26)10-16(17)15-8-6-14(7-9-15)13-4-2-1-3-5-13/h13-19H,1-12H2,(H,23,24)(H,25,26). The van der Waals surface area contributed by atoms with Crippen LogP contribution in [0.15, 0.2) is 4.99 Å². The van der Waals surface area contributed by atoms with Gasteiger partial charge in [0.25, 0.3) is 0 Å². The molecule has 152 valence electrons. The van der Waals surface area contributed by atoms with Gasteiger partial charge >= 0.3 is 5.97 Å². The summed E-state index contributed by atoms with van der Waals surface area (Å²) in [7, 11) is 0. The van der Waals surface area contributed by atoms with E-state index in [-0.39, 0.29) is 17.2 Å². The third kappa shape index (κ3) is 4.77. The number of thioether (sulfide) groups is 1. The molecule has 0 bridgehead atoms. The van der Waals surface area contributed by atoms with Crippen molar-refractivity contribution in [3.63, 3.8) is 0 Å². The van der Waals surface area contributed by atoms with E-state index >= 15 is 0 Å². The Kier molecular flexibility index (Phi) is 6.58. The molecule has 4 aliphatic rings. The van der Waals surface area contributed by atoms with Gasteiger partial charge in [0.2, 0.25) is 0 Å². The van der Waals surface area contributed by atoms with Gasteiger partial charge in [0.1, 0.15) is 0 Å². The molecule has 27 heavy (non-hydrogen) atoms. The molecule has 2 N–H and O–H groups in total. The number of carboxylic acid groups (broad SMARTS) is 1. The molecule has 0 radical (unpaired) electrons. The second-order valence-corrected chi connectivity index (χ2v) is 10.7. The van der Waals surface area contributed by atoms with Crippen LogP contribution >= 0.6 is 23.4 Å². The van der Waals surface area contributed by atoms with Crippen LogP contribution in [0.3, 0.4) is 0 Å². The molecule has 0 amide bonds. The number of carbonyl (C=O) groups is 1. The van der Waals surface area contributed by atoms with Gasteiger partial charge in [0.15, 0.2) is 5.17 Å². The van der Waals surface area contributed by atoms with E-state index in [1.54, 1.807) is 0 Å². The van der Waals surface area contributed by atoms with Gasteiger partial charge < -0.3 is 10.4 Å². The highest BCUT2D eigenvalue weighted by atomic mass is 35.5. The van der Waals surface area contributed by atoms with Crippen molar-refractivity contribution in [2.45, 2.75) is 88.1 Å². The maximum Gasteiger partial charge on any atom is 0.313 e. The van der Waals surface area contributed by atoms with Crippen LogP contribution in [0.1, 0.15) is 70.6 Å². The number of halogens is 1. The smallest absolute Gasteiger partial charge is 0.313 e. The first-order chi connectivity index (χ1) is 13.1. The van der Waals surface area contributed by atoms with Gasteiger partial charge in [-0.3, -0.25) is 9.79 Å². The van der Waals surface area contributed by atoms with Crippen molar-refractivity contribution in [1.29, 1.82) is 0 Å². The number of hydrogen-bond donors (Lipinski definition) is 2. The molecule has 3 aliphatic carbocycles. The van der Waals surface area contributed by atoms with Crippen LogP contribution in [0.4, 0.5) is 0 Å². The number of amidine groups is 1. The fourth-order valence-electron chi connectivity index (χ4n) is 6.16. The van der Waals surface area contributed by atoms with Crippen molar-refractivity contribution in [3.05, 3.63) is 0 Å². The average molecular weight is 413 g/mol. The van der Waals surface area contributed by atoms with Crippen LogP contribution in [-0.4, -0.2) is 39.5 Å². The third-order valence-corrected chi connectivity index (χ3v) is 8.97. The maximum absolute atomic E-state index is 10.8. The number of carboxylic acids is 1. The Hall–Kier alpha value is -0.420. The van der Waals surface area contributed by atoms with Crippen LogP contribution in [0.2, 0.25) is 0 Å². The molecular formula is C21H33ClN2O2S. The van der Waals surface area contributed by atoms with Gasteiger partial charge in [0.05, 0.1) is 17.8 Å². The maximum atomic E-state index is 10.8. The van der Waals surface area contributed by atoms with Crippen molar-refractivity contribution < 1.29 is 9.90 Å². The molecule has 0 aromatic heterocycles. The molecule has 4 unspecified atom stereocenters. The summed E-state index contributed by atoms with van der Waals surface area (Å²) in [5, 5.41) is 13.4. The number of alkyl halides is 1. The summed E-state index contributed by atoms with van der Waals surface area (Å²) in [4.78, 5) is 15.5. The molecule has 0 aromatic rings. The Labute approximate surface area is 172 Å². The van der Waals surface area contributed by atoms with Crippen molar-refractivity contribution in [2.75, 3.05) is 5.75 Å². The fraction of sp³-hybridized carbons (Fsp3) is 0.905. The molecule has 4 rings (SSSR count). The van der Waals surface area contributed by atoms with Crippen molar-refractivity contribution in [1.82, 2.24) is 5.32 Å². The minimum absolute atomic E-state index is 0.0736. The first-order valence-corrected chi connectivity index (χ1v) is 12.4. The fourth-order valence-corrected chi connectivity index (χ4v) is 7.35. The van der Waals surface area contributed by atoms with E-state index < -0.39 is 5.97 Å². The molecule has 1 heterocycles. The Morgan fingerprint density at radius 3 is 2.41 bits per heavy atom. The molecule has 3 fully saturated rings. The summed E-state index contributed by atoms with van der Waals surface area (Å²) >= 11 is 8.15. The molecule has 4 nitrogen and oxygen atoms in total. The number of rotatable bonds is 4. The molecule has 0 spiro atoms. The monoisotopic (exact) mass is 412 g/mol. The summed E-state index contributed by atoms with van der Waals surface area (Å²) in [6.45, 7) is 0. The van der Waals surface area contributed by atoms with Crippen LogP contribution in [-0.2, 0) is 4.79 Å². The topological polar surface area (TPSA) is 61.7 Å². The van der Waals surface area contributed by atoms with Gasteiger partial charge in [0, 0.05) is 5.38 Å².